The van der Waals surface area contributed by atoms with Crippen LogP contribution in [0.15, 0.2) is 0 Å². The smallest absolute Gasteiger partial charge is 0.130 e. The van der Waals surface area contributed by atoms with Gasteiger partial charge in [-0.3, -0.25) is 4.79 Å². The van der Waals surface area contributed by atoms with Crippen molar-refractivity contribution < 1.29 is 37.5 Å². The van der Waals surface area contributed by atoms with Crippen LogP contribution >= 0.6 is 0 Å². The Morgan fingerprint density at radius 3 is 2.25 bits per heavy atom. The van der Waals surface area contributed by atoms with Crippen molar-refractivity contribution in [3.05, 3.63) is 6.92 Å². The normalized spacial score (nSPS) is 7.75. The molecule has 0 aromatic carbocycles. The fourth-order valence-electron chi connectivity index (χ4n) is 0.374. The van der Waals surface area contributed by atoms with E-state index in [4.69, 9.17) is 0 Å². The molecule has 1 nitrogen and oxygen atoms in total. The molecule has 8 heavy (non-hydrogen) atoms. The largest absolute Gasteiger partial charge is 0.343 e. The summed E-state index contributed by atoms with van der Waals surface area (Å²) < 4.78 is 0. The molecule has 0 amide bonds. The van der Waals surface area contributed by atoms with Crippen LogP contribution < -0.4 is 0 Å². The Labute approximate surface area is 76.1 Å². The maximum atomic E-state index is 10.4. The molecular formula is C6H11OY-. The summed E-state index contributed by atoms with van der Waals surface area (Å²) in [5.41, 5.74) is 0. The molecule has 0 aromatic heterocycles. The predicted octanol–water partition coefficient (Wildman–Crippen LogP) is 1.58. The minimum Gasteiger partial charge on any atom is -0.343 e. The molecule has 0 saturated carbocycles. The maximum Gasteiger partial charge on any atom is 0.130 e. The number of hydrogen-bond acceptors (Lipinski definition) is 1. The van der Waals surface area contributed by atoms with E-state index < -0.39 is 0 Å². The second-order valence-corrected chi connectivity index (χ2v) is 1.50. The number of rotatable bonds is 3. The summed E-state index contributed by atoms with van der Waals surface area (Å²) in [4.78, 5) is 10.4. The third-order valence-electron chi connectivity index (χ3n) is 0.850. The van der Waals surface area contributed by atoms with Gasteiger partial charge in [0, 0.05) is 39.1 Å². The standard InChI is InChI=1S/C6H11O.Y/c1-3-5-6(7)4-2;/h1,3-5H2,2H3;/q-1;. The van der Waals surface area contributed by atoms with Gasteiger partial charge in [0.15, 0.2) is 0 Å². The van der Waals surface area contributed by atoms with Gasteiger partial charge in [0.25, 0.3) is 0 Å². The van der Waals surface area contributed by atoms with Gasteiger partial charge in [-0.2, -0.15) is 6.42 Å². The Bertz CT molecular complexity index is 61.5. The molecule has 0 aliphatic carbocycles. The van der Waals surface area contributed by atoms with E-state index in [1.807, 2.05) is 6.92 Å². The monoisotopic (exact) mass is 188 g/mol. The molecule has 0 rings (SSSR count). The first-order valence-corrected chi connectivity index (χ1v) is 2.62. The van der Waals surface area contributed by atoms with Crippen LogP contribution in [0.1, 0.15) is 26.2 Å². The number of hydrogen-bond donors (Lipinski definition) is 0. The SMILES string of the molecule is [CH2-]CCC(=O)CC.[Y]. The molecule has 0 aliphatic rings. The zero-order valence-electron chi connectivity index (χ0n) is 5.31. The average Bonchev–Trinajstić information content (AvgIpc) is 1.68. The Morgan fingerprint density at radius 2 is 2.12 bits per heavy atom. The summed E-state index contributed by atoms with van der Waals surface area (Å²) in [5, 5.41) is 0. The van der Waals surface area contributed by atoms with E-state index in [2.05, 4.69) is 6.92 Å². The van der Waals surface area contributed by atoms with Crippen LogP contribution in [0.5, 0.6) is 0 Å². The second kappa shape index (κ2) is 7.77. The van der Waals surface area contributed by atoms with E-state index in [-0.39, 0.29) is 32.7 Å². The third kappa shape index (κ3) is 6.77. The van der Waals surface area contributed by atoms with Crippen molar-refractivity contribution in [1.82, 2.24) is 0 Å². The minimum atomic E-state index is 0. The number of carbonyl (C=O) groups is 1. The third-order valence-corrected chi connectivity index (χ3v) is 0.850. The van der Waals surface area contributed by atoms with Crippen molar-refractivity contribution in [3.63, 3.8) is 0 Å². The topological polar surface area (TPSA) is 17.1 Å². The molecule has 45 valence electrons. The molecule has 0 unspecified atom stereocenters. The van der Waals surface area contributed by atoms with Crippen molar-refractivity contribution in [3.8, 4) is 0 Å². The van der Waals surface area contributed by atoms with E-state index in [0.29, 0.717) is 18.6 Å². The van der Waals surface area contributed by atoms with Gasteiger partial charge in [-0.05, 0) is 6.42 Å². The Morgan fingerprint density at radius 1 is 1.62 bits per heavy atom. The zero-order valence-corrected chi connectivity index (χ0v) is 8.15. The van der Waals surface area contributed by atoms with Crippen LogP contribution in [0, 0.1) is 6.92 Å². The summed E-state index contributed by atoms with van der Waals surface area (Å²) in [6, 6.07) is 0. The van der Waals surface area contributed by atoms with Gasteiger partial charge in [0.2, 0.25) is 0 Å². The summed E-state index contributed by atoms with van der Waals surface area (Å²) in [6.45, 7) is 5.43. The number of carbonyl (C=O) groups excluding carboxylic acids is 1. The van der Waals surface area contributed by atoms with Crippen LogP contribution in [-0.4, -0.2) is 5.78 Å². The van der Waals surface area contributed by atoms with Gasteiger partial charge in [-0.1, -0.05) is 6.92 Å². The van der Waals surface area contributed by atoms with Crippen LogP contribution in [0.2, 0.25) is 0 Å². The van der Waals surface area contributed by atoms with E-state index in [0.717, 1.165) is 6.42 Å². The van der Waals surface area contributed by atoms with E-state index in [1.54, 1.807) is 0 Å². The van der Waals surface area contributed by atoms with Gasteiger partial charge in [0.05, 0.1) is 0 Å². The number of ketones is 1. The molecule has 0 N–H and O–H groups in total. The molecular weight excluding hydrogens is 177 g/mol. The van der Waals surface area contributed by atoms with E-state index in [1.165, 1.54) is 0 Å². The Hall–Kier alpha value is 0.774. The van der Waals surface area contributed by atoms with Crippen molar-refractivity contribution in [2.24, 2.45) is 0 Å². The molecule has 0 aliphatic heterocycles. The molecule has 0 bridgehead atoms. The molecule has 0 atom stereocenters. The molecule has 1 radical (unpaired) electrons. The van der Waals surface area contributed by atoms with Crippen LogP contribution in [0.3, 0.4) is 0 Å². The molecule has 0 spiro atoms. The summed E-state index contributed by atoms with van der Waals surface area (Å²) >= 11 is 0. The fourth-order valence-corrected chi connectivity index (χ4v) is 0.374. The summed E-state index contributed by atoms with van der Waals surface area (Å²) in [5.74, 6) is 0.315. The molecule has 0 heterocycles. The first kappa shape index (κ1) is 11.6. The molecule has 0 saturated heterocycles. The zero-order chi connectivity index (χ0) is 5.70. The summed E-state index contributed by atoms with van der Waals surface area (Å²) in [6.07, 6.45) is 2.05. The van der Waals surface area contributed by atoms with Gasteiger partial charge >= 0.3 is 0 Å². The summed E-state index contributed by atoms with van der Waals surface area (Å²) in [7, 11) is 0. The first-order valence-electron chi connectivity index (χ1n) is 2.62. The molecule has 0 fully saturated rings. The van der Waals surface area contributed by atoms with Crippen LogP contribution in [0.4, 0.5) is 0 Å². The fraction of sp³-hybridized carbons (Fsp3) is 0.667. The second-order valence-electron chi connectivity index (χ2n) is 1.50. The van der Waals surface area contributed by atoms with Gasteiger partial charge < -0.3 is 6.92 Å². The van der Waals surface area contributed by atoms with Gasteiger partial charge in [-0.25, -0.2) is 0 Å². The Balaban J connectivity index is 0. The minimum absolute atomic E-state index is 0. The first-order chi connectivity index (χ1) is 3.31. The van der Waals surface area contributed by atoms with Crippen molar-refractivity contribution in [1.29, 1.82) is 0 Å². The van der Waals surface area contributed by atoms with Crippen molar-refractivity contribution >= 4 is 5.78 Å². The maximum absolute atomic E-state index is 10.4. The Kier molecular flexibility index (Phi) is 11.2. The quantitative estimate of drug-likeness (QED) is 0.614. The molecule has 2 heteroatoms. The van der Waals surface area contributed by atoms with E-state index in [9.17, 15) is 4.79 Å². The number of Topliss-reactive ketones (excluding diaryl/α,β-unsaturated/α-hetero) is 1. The van der Waals surface area contributed by atoms with Crippen LogP contribution in [-0.2, 0) is 37.5 Å². The van der Waals surface area contributed by atoms with Crippen LogP contribution in [0.25, 0.3) is 0 Å². The van der Waals surface area contributed by atoms with Crippen molar-refractivity contribution in [2.45, 2.75) is 26.2 Å². The van der Waals surface area contributed by atoms with Gasteiger partial charge in [-0.15, -0.1) is 0 Å². The average molecular weight is 188 g/mol. The molecule has 0 aromatic rings. The predicted molar refractivity (Wildman–Crippen MR) is 29.9 cm³/mol. The van der Waals surface area contributed by atoms with E-state index >= 15 is 0 Å². The van der Waals surface area contributed by atoms with Crippen molar-refractivity contribution in [2.75, 3.05) is 0 Å². The van der Waals surface area contributed by atoms with Gasteiger partial charge in [0.1, 0.15) is 5.78 Å².